The number of quaternary nitrogens is 1. The van der Waals surface area contributed by atoms with E-state index in [9.17, 15) is 4.79 Å². The SMILES string of the molecule is C[N+](C)(C)CCO.Cl.NC(CS)C(=O)O. The average Bonchev–Trinajstić information content (AvgIpc) is 2.01. The Bertz CT molecular complexity index is 164. The lowest BCUT2D eigenvalue weighted by Crippen LogP contribution is -2.36. The number of aliphatic carboxylic acids is 1. The average molecular weight is 262 g/mol. The number of nitrogens with zero attached hydrogens (tertiary/aromatic N) is 1. The second kappa shape index (κ2) is 10.5. The minimum absolute atomic E-state index is 0. The molecular formula is C8H22ClN2O3S+. The zero-order chi connectivity index (χ0) is 11.8. The smallest absolute Gasteiger partial charge is 0.321 e. The van der Waals surface area contributed by atoms with Gasteiger partial charge in [0, 0.05) is 5.75 Å². The fraction of sp³-hybridized carbons (Fsp3) is 0.875. The van der Waals surface area contributed by atoms with Gasteiger partial charge < -0.3 is 20.4 Å². The fourth-order valence-corrected chi connectivity index (χ4v) is 0.534. The van der Waals surface area contributed by atoms with Crippen LogP contribution in [0.5, 0.6) is 0 Å². The van der Waals surface area contributed by atoms with Gasteiger partial charge in [-0.05, 0) is 0 Å². The van der Waals surface area contributed by atoms with Crippen LogP contribution < -0.4 is 5.73 Å². The lowest BCUT2D eigenvalue weighted by molar-refractivity contribution is -0.870. The summed E-state index contributed by atoms with van der Waals surface area (Å²) in [6.07, 6.45) is 0. The summed E-state index contributed by atoms with van der Waals surface area (Å²) in [6, 6.07) is -0.816. The van der Waals surface area contributed by atoms with Gasteiger partial charge in [-0.2, -0.15) is 12.6 Å². The van der Waals surface area contributed by atoms with Crippen molar-refractivity contribution in [3.63, 3.8) is 0 Å². The van der Waals surface area contributed by atoms with E-state index in [0.29, 0.717) is 0 Å². The number of carboxylic acid groups (broad SMARTS) is 1. The molecule has 0 amide bonds. The van der Waals surface area contributed by atoms with Gasteiger partial charge in [0.05, 0.1) is 27.7 Å². The van der Waals surface area contributed by atoms with Gasteiger partial charge in [0.2, 0.25) is 0 Å². The Hall–Kier alpha value is -0.0100. The normalized spacial score (nSPS) is 11.9. The highest BCUT2D eigenvalue weighted by molar-refractivity contribution is 7.80. The first-order chi connectivity index (χ1) is 6.24. The largest absolute Gasteiger partial charge is 0.480 e. The van der Waals surface area contributed by atoms with Crippen molar-refractivity contribution in [2.45, 2.75) is 6.04 Å². The maximum atomic E-state index is 9.76. The number of nitrogens with two attached hydrogens (primary N) is 1. The number of aliphatic hydroxyl groups excluding tert-OH is 1. The van der Waals surface area contributed by atoms with Gasteiger partial charge in [-0.3, -0.25) is 4.79 Å². The molecule has 0 aromatic carbocycles. The molecule has 0 aromatic heterocycles. The molecule has 0 rings (SSSR count). The predicted molar refractivity (Wildman–Crippen MR) is 66.7 cm³/mol. The number of aliphatic hydroxyl groups is 1. The number of likely N-dealkylation sites (N-methyl/N-ethyl adjacent to an activating group) is 1. The molecule has 1 atom stereocenters. The Labute approximate surface area is 103 Å². The highest BCUT2D eigenvalue weighted by atomic mass is 35.5. The van der Waals surface area contributed by atoms with Crippen LogP contribution in [0.2, 0.25) is 0 Å². The van der Waals surface area contributed by atoms with Crippen molar-refractivity contribution in [3.8, 4) is 0 Å². The first-order valence-corrected chi connectivity index (χ1v) is 4.88. The van der Waals surface area contributed by atoms with E-state index in [0.717, 1.165) is 11.0 Å². The van der Waals surface area contributed by atoms with E-state index in [1.54, 1.807) is 0 Å². The van der Waals surface area contributed by atoms with Gasteiger partial charge in [-0.15, -0.1) is 12.4 Å². The molecule has 0 aromatic rings. The van der Waals surface area contributed by atoms with Crippen molar-refractivity contribution in [1.82, 2.24) is 0 Å². The van der Waals surface area contributed by atoms with Gasteiger partial charge in [0.15, 0.2) is 0 Å². The van der Waals surface area contributed by atoms with Crippen molar-refractivity contribution < 1.29 is 19.5 Å². The van der Waals surface area contributed by atoms with E-state index in [-0.39, 0.29) is 24.8 Å². The van der Waals surface area contributed by atoms with Gasteiger partial charge in [-0.1, -0.05) is 0 Å². The highest BCUT2D eigenvalue weighted by Gasteiger charge is 2.06. The summed E-state index contributed by atoms with van der Waals surface area (Å²) in [5.74, 6) is -0.815. The number of hydrogen-bond donors (Lipinski definition) is 4. The summed E-state index contributed by atoms with van der Waals surface area (Å²) < 4.78 is 0.844. The third kappa shape index (κ3) is 20.2. The summed E-state index contributed by atoms with van der Waals surface area (Å²) in [7, 11) is 6.16. The molecule has 94 valence electrons. The third-order valence-corrected chi connectivity index (χ3v) is 1.68. The first kappa shape index (κ1) is 20.4. The molecule has 5 nitrogen and oxygen atoms in total. The van der Waals surface area contributed by atoms with Crippen molar-refractivity contribution in [2.24, 2.45) is 5.73 Å². The van der Waals surface area contributed by atoms with Crippen molar-refractivity contribution in [1.29, 1.82) is 0 Å². The zero-order valence-electron chi connectivity index (χ0n) is 9.38. The Morgan fingerprint density at radius 2 is 1.87 bits per heavy atom. The molecule has 0 heterocycles. The molecule has 0 aliphatic heterocycles. The van der Waals surface area contributed by atoms with E-state index in [4.69, 9.17) is 15.9 Å². The number of carbonyl (C=O) groups is 1. The van der Waals surface area contributed by atoms with E-state index in [1.165, 1.54) is 0 Å². The van der Waals surface area contributed by atoms with Crippen LogP contribution in [0.15, 0.2) is 0 Å². The predicted octanol–water partition coefficient (Wildman–Crippen LogP) is -0.565. The van der Waals surface area contributed by atoms with E-state index in [2.05, 4.69) is 33.8 Å². The molecule has 15 heavy (non-hydrogen) atoms. The number of thiol groups is 1. The quantitative estimate of drug-likeness (QED) is 0.404. The third-order valence-electron chi connectivity index (χ3n) is 1.28. The summed E-state index contributed by atoms with van der Waals surface area (Å²) in [5.41, 5.74) is 4.94. The Morgan fingerprint density at radius 1 is 1.47 bits per heavy atom. The van der Waals surface area contributed by atoms with Crippen LogP contribution in [-0.4, -0.2) is 66.8 Å². The molecule has 0 bridgehead atoms. The molecule has 1 unspecified atom stereocenters. The Kier molecular flexibility index (Phi) is 14.3. The summed E-state index contributed by atoms with van der Waals surface area (Å²) in [4.78, 5) is 9.76. The Morgan fingerprint density at radius 3 is 1.87 bits per heavy atom. The summed E-state index contributed by atoms with van der Waals surface area (Å²) in [5, 5.41) is 16.4. The van der Waals surface area contributed by atoms with Gasteiger partial charge >= 0.3 is 5.97 Å². The lowest BCUT2D eigenvalue weighted by Gasteiger charge is -2.21. The molecule has 0 saturated heterocycles. The molecule has 0 spiro atoms. The zero-order valence-corrected chi connectivity index (χ0v) is 11.1. The van der Waals surface area contributed by atoms with Gasteiger partial charge in [0.1, 0.15) is 12.6 Å². The van der Waals surface area contributed by atoms with Gasteiger partial charge in [-0.25, -0.2) is 0 Å². The number of carboxylic acids is 1. The van der Waals surface area contributed by atoms with Crippen LogP contribution in [0, 0.1) is 0 Å². The van der Waals surface area contributed by atoms with Crippen molar-refractivity contribution >= 4 is 31.0 Å². The maximum Gasteiger partial charge on any atom is 0.321 e. The standard InChI is InChI=1S/C5H14NO.C3H7NO2S.ClH/c1-6(2,3)4-5-7;4-2(1-7)3(5)6;/h7H,4-5H2,1-3H3;2,7H,1,4H2,(H,5,6);1H/q+1;;. The van der Waals surface area contributed by atoms with Crippen molar-refractivity contribution in [3.05, 3.63) is 0 Å². The maximum absolute atomic E-state index is 9.76. The second-order valence-electron chi connectivity index (χ2n) is 3.86. The topological polar surface area (TPSA) is 83.5 Å². The van der Waals surface area contributed by atoms with Crippen LogP contribution in [-0.2, 0) is 4.79 Å². The lowest BCUT2D eigenvalue weighted by atomic mass is 10.4. The molecule has 4 N–H and O–H groups in total. The van der Waals surface area contributed by atoms with E-state index >= 15 is 0 Å². The van der Waals surface area contributed by atoms with Crippen LogP contribution in [0.1, 0.15) is 0 Å². The summed E-state index contributed by atoms with van der Waals surface area (Å²) in [6.45, 7) is 1.11. The molecule has 0 saturated carbocycles. The van der Waals surface area contributed by atoms with Crippen LogP contribution in [0.3, 0.4) is 0 Å². The second-order valence-corrected chi connectivity index (χ2v) is 4.23. The monoisotopic (exact) mass is 261 g/mol. The number of halogens is 1. The fourth-order valence-electron chi connectivity index (χ4n) is 0.378. The van der Waals surface area contributed by atoms with Crippen molar-refractivity contribution in [2.75, 3.05) is 40.0 Å². The number of hydrogen-bond acceptors (Lipinski definition) is 4. The Balaban J connectivity index is -0.000000180. The first-order valence-electron chi connectivity index (χ1n) is 4.25. The minimum atomic E-state index is -1.00. The van der Waals surface area contributed by atoms with E-state index in [1.807, 2.05) is 0 Å². The molecule has 0 fully saturated rings. The highest BCUT2D eigenvalue weighted by Crippen LogP contribution is 1.84. The molecular weight excluding hydrogens is 240 g/mol. The minimum Gasteiger partial charge on any atom is -0.480 e. The van der Waals surface area contributed by atoms with Crippen LogP contribution in [0.25, 0.3) is 0 Å². The molecule has 0 aliphatic carbocycles. The molecule has 7 heteroatoms. The molecule has 0 radical (unpaired) electrons. The number of rotatable bonds is 4. The molecule has 0 aliphatic rings. The van der Waals surface area contributed by atoms with Gasteiger partial charge in [0.25, 0.3) is 0 Å². The van der Waals surface area contributed by atoms with Crippen LogP contribution in [0.4, 0.5) is 0 Å². The van der Waals surface area contributed by atoms with E-state index < -0.39 is 12.0 Å². The van der Waals surface area contributed by atoms with Crippen LogP contribution >= 0.6 is 25.0 Å². The summed E-state index contributed by atoms with van der Waals surface area (Å²) >= 11 is 3.65.